The van der Waals surface area contributed by atoms with E-state index < -0.39 is 5.60 Å². The SMILES string of the molecule is CCC(C)(O)c1cnc(C)c(O)c1. The maximum Gasteiger partial charge on any atom is 0.137 e. The molecule has 2 N–H and O–H groups in total. The van der Waals surface area contributed by atoms with Gasteiger partial charge in [0.05, 0.1) is 11.3 Å². The van der Waals surface area contributed by atoms with Crippen LogP contribution in [0, 0.1) is 6.92 Å². The smallest absolute Gasteiger partial charge is 0.137 e. The lowest BCUT2D eigenvalue weighted by Crippen LogP contribution is -2.19. The first kappa shape index (κ1) is 9.99. The first-order valence-corrected chi connectivity index (χ1v) is 4.36. The highest BCUT2D eigenvalue weighted by molar-refractivity contribution is 5.31. The Morgan fingerprint density at radius 3 is 2.62 bits per heavy atom. The Bertz CT molecular complexity index is 308. The molecule has 1 unspecified atom stereocenters. The average molecular weight is 181 g/mol. The van der Waals surface area contributed by atoms with Crippen molar-refractivity contribution in [3.63, 3.8) is 0 Å². The van der Waals surface area contributed by atoms with E-state index in [2.05, 4.69) is 4.98 Å². The molecule has 1 heterocycles. The fraction of sp³-hybridized carbons (Fsp3) is 0.500. The summed E-state index contributed by atoms with van der Waals surface area (Å²) in [6, 6.07) is 1.56. The molecule has 3 heteroatoms. The minimum absolute atomic E-state index is 0.131. The van der Waals surface area contributed by atoms with Crippen molar-refractivity contribution < 1.29 is 10.2 Å². The monoisotopic (exact) mass is 181 g/mol. The maximum absolute atomic E-state index is 9.86. The van der Waals surface area contributed by atoms with Crippen molar-refractivity contribution in [1.29, 1.82) is 0 Å². The highest BCUT2D eigenvalue weighted by Crippen LogP contribution is 2.26. The van der Waals surface area contributed by atoms with E-state index >= 15 is 0 Å². The molecular formula is C10H15NO2. The predicted molar refractivity (Wildman–Crippen MR) is 50.5 cm³/mol. The molecule has 0 aliphatic rings. The Morgan fingerprint density at radius 2 is 2.15 bits per heavy atom. The Balaban J connectivity index is 3.10. The molecule has 1 aromatic heterocycles. The second-order valence-electron chi connectivity index (χ2n) is 3.46. The van der Waals surface area contributed by atoms with Crippen LogP contribution in [0.2, 0.25) is 0 Å². The van der Waals surface area contributed by atoms with Crippen molar-refractivity contribution >= 4 is 0 Å². The van der Waals surface area contributed by atoms with Crippen LogP contribution in [0.15, 0.2) is 12.3 Å². The molecule has 0 bridgehead atoms. The van der Waals surface area contributed by atoms with Gasteiger partial charge in [-0.2, -0.15) is 0 Å². The second kappa shape index (κ2) is 3.34. The van der Waals surface area contributed by atoms with E-state index in [1.807, 2.05) is 6.92 Å². The van der Waals surface area contributed by atoms with Crippen molar-refractivity contribution in [2.24, 2.45) is 0 Å². The summed E-state index contributed by atoms with van der Waals surface area (Å²) in [4.78, 5) is 3.98. The molecule has 0 saturated heterocycles. The van der Waals surface area contributed by atoms with Crippen LogP contribution in [0.4, 0.5) is 0 Å². The fourth-order valence-corrected chi connectivity index (χ4v) is 1.02. The van der Waals surface area contributed by atoms with Gasteiger partial charge in [0.25, 0.3) is 0 Å². The maximum atomic E-state index is 9.86. The van der Waals surface area contributed by atoms with Crippen molar-refractivity contribution in [2.45, 2.75) is 32.8 Å². The normalized spacial score (nSPS) is 15.4. The number of aliphatic hydroxyl groups is 1. The third kappa shape index (κ3) is 1.98. The van der Waals surface area contributed by atoms with Gasteiger partial charge in [0.2, 0.25) is 0 Å². The van der Waals surface area contributed by atoms with E-state index in [-0.39, 0.29) is 5.75 Å². The summed E-state index contributed by atoms with van der Waals surface area (Å²) in [7, 11) is 0. The molecule has 0 fully saturated rings. The summed E-state index contributed by atoms with van der Waals surface area (Å²) in [5, 5.41) is 19.2. The summed E-state index contributed by atoms with van der Waals surface area (Å²) in [5.74, 6) is 0.131. The zero-order valence-electron chi connectivity index (χ0n) is 8.20. The largest absolute Gasteiger partial charge is 0.506 e. The van der Waals surface area contributed by atoms with Crippen LogP contribution >= 0.6 is 0 Å². The topological polar surface area (TPSA) is 53.4 Å². The highest BCUT2D eigenvalue weighted by Gasteiger charge is 2.21. The third-order valence-electron chi connectivity index (χ3n) is 2.37. The summed E-state index contributed by atoms with van der Waals surface area (Å²) in [6.45, 7) is 5.31. The predicted octanol–water partition coefficient (Wildman–Crippen LogP) is 1.71. The molecule has 0 aromatic carbocycles. The van der Waals surface area contributed by atoms with Crippen molar-refractivity contribution in [2.75, 3.05) is 0 Å². The van der Waals surface area contributed by atoms with Gasteiger partial charge in [-0.25, -0.2) is 0 Å². The van der Waals surface area contributed by atoms with Crippen molar-refractivity contribution in [3.8, 4) is 5.75 Å². The first-order valence-electron chi connectivity index (χ1n) is 4.36. The zero-order valence-corrected chi connectivity index (χ0v) is 8.20. The first-order chi connectivity index (χ1) is 5.97. The average Bonchev–Trinajstić information content (AvgIpc) is 2.09. The zero-order chi connectivity index (χ0) is 10.1. The molecule has 13 heavy (non-hydrogen) atoms. The molecule has 0 amide bonds. The van der Waals surface area contributed by atoms with Crippen LogP contribution in [0.25, 0.3) is 0 Å². The molecule has 0 radical (unpaired) electrons. The van der Waals surface area contributed by atoms with Crippen LogP contribution < -0.4 is 0 Å². The van der Waals surface area contributed by atoms with Gasteiger partial charge in [-0.05, 0) is 26.3 Å². The van der Waals surface area contributed by atoms with E-state index in [4.69, 9.17) is 0 Å². The number of aryl methyl sites for hydroxylation is 1. The molecule has 0 aliphatic carbocycles. The molecule has 1 rings (SSSR count). The van der Waals surface area contributed by atoms with Crippen LogP contribution in [-0.2, 0) is 5.60 Å². The Hall–Kier alpha value is -1.09. The molecule has 0 saturated carbocycles. The molecule has 0 aliphatic heterocycles. The summed E-state index contributed by atoms with van der Waals surface area (Å²) < 4.78 is 0. The Labute approximate surface area is 78.1 Å². The lowest BCUT2D eigenvalue weighted by molar-refractivity contribution is 0.0524. The number of pyridine rings is 1. The van der Waals surface area contributed by atoms with E-state index in [0.717, 1.165) is 0 Å². The Kier molecular flexibility index (Phi) is 2.57. The van der Waals surface area contributed by atoms with Gasteiger partial charge < -0.3 is 10.2 Å². The second-order valence-corrected chi connectivity index (χ2v) is 3.46. The number of hydrogen-bond acceptors (Lipinski definition) is 3. The van der Waals surface area contributed by atoms with Crippen LogP contribution in [0.5, 0.6) is 5.75 Å². The number of aromatic nitrogens is 1. The van der Waals surface area contributed by atoms with E-state index in [0.29, 0.717) is 17.7 Å². The van der Waals surface area contributed by atoms with Crippen LogP contribution in [0.1, 0.15) is 31.5 Å². The van der Waals surface area contributed by atoms with E-state index in [1.54, 1.807) is 26.1 Å². The molecule has 0 spiro atoms. The van der Waals surface area contributed by atoms with Gasteiger partial charge >= 0.3 is 0 Å². The standard InChI is InChI=1S/C10H15NO2/c1-4-10(3,13)8-5-9(12)7(2)11-6-8/h5-6,12-13H,4H2,1-3H3. The Morgan fingerprint density at radius 1 is 1.54 bits per heavy atom. The van der Waals surface area contributed by atoms with Gasteiger partial charge in [0, 0.05) is 11.8 Å². The van der Waals surface area contributed by atoms with Gasteiger partial charge in [-0.3, -0.25) is 4.98 Å². The lowest BCUT2D eigenvalue weighted by Gasteiger charge is -2.21. The summed E-state index contributed by atoms with van der Waals surface area (Å²) >= 11 is 0. The lowest BCUT2D eigenvalue weighted by atomic mass is 9.95. The van der Waals surface area contributed by atoms with Crippen LogP contribution in [0.3, 0.4) is 0 Å². The third-order valence-corrected chi connectivity index (χ3v) is 2.37. The number of rotatable bonds is 2. The number of aromatic hydroxyl groups is 1. The van der Waals surface area contributed by atoms with E-state index in [1.165, 1.54) is 0 Å². The summed E-state index contributed by atoms with van der Waals surface area (Å²) in [6.07, 6.45) is 2.19. The molecule has 1 aromatic rings. The van der Waals surface area contributed by atoms with Crippen molar-refractivity contribution in [3.05, 3.63) is 23.5 Å². The van der Waals surface area contributed by atoms with Crippen LogP contribution in [-0.4, -0.2) is 15.2 Å². The minimum Gasteiger partial charge on any atom is -0.506 e. The van der Waals surface area contributed by atoms with Gasteiger partial charge in [0.15, 0.2) is 0 Å². The molecule has 3 nitrogen and oxygen atoms in total. The number of nitrogens with zero attached hydrogens (tertiary/aromatic N) is 1. The van der Waals surface area contributed by atoms with Crippen molar-refractivity contribution in [1.82, 2.24) is 4.98 Å². The minimum atomic E-state index is -0.905. The molecular weight excluding hydrogens is 166 g/mol. The summed E-state index contributed by atoms with van der Waals surface area (Å²) in [5.41, 5.74) is 0.326. The molecule has 1 atom stereocenters. The quantitative estimate of drug-likeness (QED) is 0.730. The van der Waals surface area contributed by atoms with Gasteiger partial charge in [-0.15, -0.1) is 0 Å². The fourth-order valence-electron chi connectivity index (χ4n) is 1.02. The van der Waals surface area contributed by atoms with E-state index in [9.17, 15) is 10.2 Å². The highest BCUT2D eigenvalue weighted by atomic mass is 16.3. The molecule has 72 valence electrons. The number of hydrogen-bond donors (Lipinski definition) is 2. The van der Waals surface area contributed by atoms with Gasteiger partial charge in [-0.1, -0.05) is 6.92 Å². The van der Waals surface area contributed by atoms with Gasteiger partial charge in [0.1, 0.15) is 5.75 Å².